The number of hydrogen-bond acceptors (Lipinski definition) is 4. The van der Waals surface area contributed by atoms with Gasteiger partial charge in [0.1, 0.15) is 5.69 Å². The van der Waals surface area contributed by atoms with E-state index < -0.39 is 0 Å². The molecule has 2 rings (SSSR count). The van der Waals surface area contributed by atoms with Crippen molar-refractivity contribution < 1.29 is 9.32 Å². The summed E-state index contributed by atoms with van der Waals surface area (Å²) in [6, 6.07) is 9.60. The van der Waals surface area contributed by atoms with Gasteiger partial charge in [0.25, 0.3) is 5.91 Å². The smallest absolute Gasteiger partial charge is 0.289 e. The lowest BCUT2D eigenvalue weighted by Crippen LogP contribution is -2.31. The van der Waals surface area contributed by atoms with Crippen molar-refractivity contribution in [3.63, 3.8) is 0 Å². The zero-order valence-corrected chi connectivity index (χ0v) is 12.5. The second-order valence-corrected chi connectivity index (χ2v) is 4.95. The van der Waals surface area contributed by atoms with Crippen LogP contribution in [0.15, 0.2) is 34.9 Å². The highest BCUT2D eigenvalue weighted by molar-refractivity contribution is 5.92. The Morgan fingerprint density at radius 2 is 1.95 bits per heavy atom. The van der Waals surface area contributed by atoms with Crippen molar-refractivity contribution in [3.05, 3.63) is 41.7 Å². The second-order valence-electron chi connectivity index (χ2n) is 4.95. The molecule has 0 aliphatic heterocycles. The van der Waals surface area contributed by atoms with Crippen LogP contribution in [-0.2, 0) is 0 Å². The van der Waals surface area contributed by atoms with Gasteiger partial charge in [-0.1, -0.05) is 41.9 Å². The Morgan fingerprint density at radius 1 is 1.19 bits per heavy atom. The first-order valence-electron chi connectivity index (χ1n) is 7.23. The average Bonchev–Trinajstić information content (AvgIpc) is 2.97. The third-order valence-electron chi connectivity index (χ3n) is 3.10. The molecule has 0 saturated heterocycles. The molecule has 5 heteroatoms. The van der Waals surface area contributed by atoms with Crippen molar-refractivity contribution in [3.8, 4) is 11.3 Å². The molecule has 1 aromatic heterocycles. The minimum absolute atomic E-state index is 0.237. The van der Waals surface area contributed by atoms with E-state index in [9.17, 15) is 4.79 Å². The van der Waals surface area contributed by atoms with Crippen LogP contribution in [0, 0.1) is 6.92 Å². The molecule has 1 amide bonds. The van der Waals surface area contributed by atoms with Gasteiger partial charge in [-0.2, -0.15) is 0 Å². The first kappa shape index (κ1) is 15.3. The third kappa shape index (κ3) is 4.43. The van der Waals surface area contributed by atoms with Crippen molar-refractivity contribution in [2.75, 3.05) is 19.6 Å². The highest BCUT2D eigenvalue weighted by Crippen LogP contribution is 2.19. The fraction of sp³-hybridized carbons (Fsp3) is 0.375. The van der Waals surface area contributed by atoms with Gasteiger partial charge in [-0.05, 0) is 19.9 Å². The number of hydrogen-bond donors (Lipinski definition) is 2. The number of benzene rings is 1. The maximum absolute atomic E-state index is 11.9. The molecule has 21 heavy (non-hydrogen) atoms. The predicted octanol–water partition coefficient (Wildman–Crippen LogP) is 2.38. The maximum atomic E-state index is 11.9. The summed E-state index contributed by atoms with van der Waals surface area (Å²) >= 11 is 0. The number of aryl methyl sites for hydroxylation is 1. The third-order valence-corrected chi connectivity index (χ3v) is 3.10. The normalized spacial score (nSPS) is 10.6. The summed E-state index contributed by atoms with van der Waals surface area (Å²) in [6.07, 6.45) is 1.08. The lowest BCUT2D eigenvalue weighted by atomic mass is 10.1. The van der Waals surface area contributed by atoms with Crippen LogP contribution < -0.4 is 10.6 Å². The van der Waals surface area contributed by atoms with Crippen molar-refractivity contribution in [2.24, 2.45) is 0 Å². The van der Waals surface area contributed by atoms with Crippen molar-refractivity contribution in [1.82, 2.24) is 15.8 Å². The van der Waals surface area contributed by atoms with Gasteiger partial charge in [0.05, 0.1) is 0 Å². The van der Waals surface area contributed by atoms with E-state index >= 15 is 0 Å². The maximum Gasteiger partial charge on any atom is 0.289 e. The Bertz CT molecular complexity index is 575. The Labute approximate surface area is 124 Å². The summed E-state index contributed by atoms with van der Waals surface area (Å²) in [5.41, 5.74) is 2.79. The van der Waals surface area contributed by atoms with Gasteiger partial charge in [-0.25, -0.2) is 0 Å². The molecule has 0 saturated carbocycles. The van der Waals surface area contributed by atoms with Crippen molar-refractivity contribution >= 4 is 5.91 Å². The molecule has 112 valence electrons. The molecule has 5 nitrogen and oxygen atoms in total. The minimum atomic E-state index is -0.237. The second kappa shape index (κ2) is 7.59. The zero-order chi connectivity index (χ0) is 15.1. The molecule has 0 atom stereocenters. The van der Waals surface area contributed by atoms with E-state index in [1.54, 1.807) is 6.07 Å². The molecule has 2 N–H and O–H groups in total. The largest absolute Gasteiger partial charge is 0.350 e. The molecule has 0 unspecified atom stereocenters. The molecule has 0 radical (unpaired) electrons. The van der Waals surface area contributed by atoms with E-state index in [0.29, 0.717) is 12.2 Å². The number of carbonyl (C=O) groups excluding carboxylic acids is 1. The molecule has 2 aromatic rings. The fourth-order valence-electron chi connectivity index (χ4n) is 1.90. The Balaban J connectivity index is 1.90. The topological polar surface area (TPSA) is 67.2 Å². The average molecular weight is 287 g/mol. The molecule has 1 aromatic carbocycles. The first-order chi connectivity index (χ1) is 10.2. The van der Waals surface area contributed by atoms with Gasteiger partial charge in [0.15, 0.2) is 0 Å². The molecule has 0 bridgehead atoms. The van der Waals surface area contributed by atoms with Crippen LogP contribution in [0.4, 0.5) is 0 Å². The van der Waals surface area contributed by atoms with Crippen LogP contribution in [-0.4, -0.2) is 30.7 Å². The highest BCUT2D eigenvalue weighted by Gasteiger charge is 2.13. The summed E-state index contributed by atoms with van der Waals surface area (Å²) in [5, 5.41) is 9.96. The van der Waals surface area contributed by atoms with E-state index in [4.69, 9.17) is 4.52 Å². The van der Waals surface area contributed by atoms with Crippen LogP contribution >= 0.6 is 0 Å². The van der Waals surface area contributed by atoms with E-state index in [-0.39, 0.29) is 11.7 Å². The van der Waals surface area contributed by atoms with Crippen LogP contribution in [0.5, 0.6) is 0 Å². The van der Waals surface area contributed by atoms with E-state index in [1.807, 2.05) is 31.2 Å². The molecular formula is C16H21N3O2. The minimum Gasteiger partial charge on any atom is -0.350 e. The summed E-state index contributed by atoms with van der Waals surface area (Å²) in [5.74, 6) is 0.000210. The van der Waals surface area contributed by atoms with Gasteiger partial charge in [-0.15, -0.1) is 0 Å². The van der Waals surface area contributed by atoms with Gasteiger partial charge in [0.2, 0.25) is 5.76 Å². The number of amides is 1. The number of carbonyl (C=O) groups is 1. The molecule has 0 aliphatic rings. The lowest BCUT2D eigenvalue weighted by Gasteiger charge is -2.03. The molecule has 1 heterocycles. The van der Waals surface area contributed by atoms with E-state index in [2.05, 4.69) is 22.7 Å². The summed E-state index contributed by atoms with van der Waals surface area (Å²) in [4.78, 5) is 11.9. The number of nitrogens with zero attached hydrogens (tertiary/aromatic N) is 1. The van der Waals surface area contributed by atoms with Gasteiger partial charge in [-0.3, -0.25) is 4.79 Å². The Morgan fingerprint density at radius 3 is 2.67 bits per heavy atom. The fourth-order valence-corrected chi connectivity index (χ4v) is 1.90. The van der Waals surface area contributed by atoms with Crippen molar-refractivity contribution in [1.29, 1.82) is 0 Å². The number of nitrogens with one attached hydrogen (secondary N) is 2. The summed E-state index contributed by atoms with van der Waals surface area (Å²) in [6.45, 7) is 6.40. The lowest BCUT2D eigenvalue weighted by molar-refractivity contribution is 0.0917. The first-order valence-corrected chi connectivity index (χ1v) is 7.23. The molecule has 0 aliphatic carbocycles. The van der Waals surface area contributed by atoms with Crippen LogP contribution in [0.2, 0.25) is 0 Å². The SMILES string of the molecule is CCCNCCNC(=O)c1cc(-c2ccc(C)cc2)no1. The van der Waals surface area contributed by atoms with Crippen LogP contribution in [0.25, 0.3) is 11.3 Å². The Hall–Kier alpha value is -2.14. The van der Waals surface area contributed by atoms with Gasteiger partial charge >= 0.3 is 0 Å². The van der Waals surface area contributed by atoms with E-state index in [0.717, 1.165) is 25.1 Å². The Kier molecular flexibility index (Phi) is 5.51. The van der Waals surface area contributed by atoms with Crippen LogP contribution in [0.3, 0.4) is 0 Å². The predicted molar refractivity (Wildman–Crippen MR) is 82.2 cm³/mol. The quantitative estimate of drug-likeness (QED) is 0.767. The van der Waals surface area contributed by atoms with E-state index in [1.165, 1.54) is 5.56 Å². The zero-order valence-electron chi connectivity index (χ0n) is 12.5. The molecule has 0 fully saturated rings. The van der Waals surface area contributed by atoms with Crippen molar-refractivity contribution in [2.45, 2.75) is 20.3 Å². The number of aromatic nitrogens is 1. The molecular weight excluding hydrogens is 266 g/mol. The number of rotatable bonds is 7. The standard InChI is InChI=1S/C16H21N3O2/c1-3-8-17-9-10-18-16(20)15-11-14(19-21-15)13-6-4-12(2)5-7-13/h4-7,11,17H,3,8-10H2,1-2H3,(H,18,20). The monoisotopic (exact) mass is 287 g/mol. The van der Waals surface area contributed by atoms with Crippen LogP contribution in [0.1, 0.15) is 29.5 Å². The van der Waals surface area contributed by atoms with Gasteiger partial charge in [0, 0.05) is 24.7 Å². The summed E-state index contributed by atoms with van der Waals surface area (Å²) in [7, 11) is 0. The highest BCUT2D eigenvalue weighted by atomic mass is 16.5. The molecule has 0 spiro atoms. The summed E-state index contributed by atoms with van der Waals surface area (Å²) < 4.78 is 5.11. The van der Waals surface area contributed by atoms with Gasteiger partial charge < -0.3 is 15.2 Å².